The minimum absolute atomic E-state index is 0.543. The van der Waals surface area contributed by atoms with Crippen LogP contribution >= 0.6 is 0 Å². The van der Waals surface area contributed by atoms with E-state index in [2.05, 4.69) is 76.2 Å². The number of nitrogens with two attached hydrogens (primary N) is 4. The summed E-state index contributed by atoms with van der Waals surface area (Å²) in [6, 6.07) is 16.7. The van der Waals surface area contributed by atoms with Crippen molar-refractivity contribution in [1.29, 1.82) is 0 Å². The molecule has 8 N–H and O–H groups in total. The monoisotopic (exact) mass is 933 g/mol. The van der Waals surface area contributed by atoms with Gasteiger partial charge in [0.05, 0.1) is 26.4 Å². The molecule has 0 fully saturated rings. The summed E-state index contributed by atoms with van der Waals surface area (Å²) in [6.45, 7) is 11.6. The third kappa shape index (κ3) is 18.0. The van der Waals surface area contributed by atoms with Gasteiger partial charge in [-0.15, -0.1) is 0 Å². The topological polar surface area (TPSA) is 141 Å². The van der Waals surface area contributed by atoms with Gasteiger partial charge in [0.15, 0.2) is 0 Å². The Morgan fingerprint density at radius 2 is 0.426 bits per heavy atom. The van der Waals surface area contributed by atoms with Gasteiger partial charge in [0, 0.05) is 92.9 Å². The Morgan fingerprint density at radius 1 is 0.265 bits per heavy atom. The molecule has 0 saturated heterocycles. The highest BCUT2D eigenvalue weighted by atomic mass is 16.5. The first-order valence-corrected chi connectivity index (χ1v) is 27.4. The van der Waals surface area contributed by atoms with Crippen molar-refractivity contribution in [1.82, 2.24) is 0 Å². The number of unbranched alkanes of at least 4 members (excludes halogenated alkanes) is 20. The second-order valence-corrected chi connectivity index (χ2v) is 19.8. The van der Waals surface area contributed by atoms with Crippen LogP contribution in [0.1, 0.15) is 226 Å². The summed E-state index contributed by atoms with van der Waals surface area (Å²) >= 11 is 0. The molecule has 0 heterocycles. The van der Waals surface area contributed by atoms with Crippen molar-refractivity contribution in [3.63, 3.8) is 0 Å². The molecule has 0 radical (unpaired) electrons. The van der Waals surface area contributed by atoms with Crippen molar-refractivity contribution in [3.8, 4) is 23.0 Å². The van der Waals surface area contributed by atoms with Crippen molar-refractivity contribution in [3.05, 3.63) is 93.0 Å². The van der Waals surface area contributed by atoms with Gasteiger partial charge in [-0.1, -0.05) is 156 Å². The molecule has 5 rings (SSSR count). The average Bonchev–Trinajstić information content (AvgIpc) is 3.30. The summed E-state index contributed by atoms with van der Waals surface area (Å²) in [7, 11) is 0. The van der Waals surface area contributed by atoms with Gasteiger partial charge in [0.2, 0.25) is 0 Å². The van der Waals surface area contributed by atoms with E-state index in [1.165, 1.54) is 103 Å². The van der Waals surface area contributed by atoms with Crippen LogP contribution in [0.25, 0.3) is 0 Å². The second kappa shape index (κ2) is 30.7. The van der Waals surface area contributed by atoms with Crippen LogP contribution in [0.2, 0.25) is 0 Å². The lowest BCUT2D eigenvalue weighted by Gasteiger charge is -2.24. The minimum atomic E-state index is 0.543. The Kier molecular flexibility index (Phi) is 24.5. The number of nitrogen functional groups attached to an aromatic ring is 4. The van der Waals surface area contributed by atoms with Gasteiger partial charge in [-0.3, -0.25) is 0 Å². The van der Waals surface area contributed by atoms with Crippen LogP contribution in [0.5, 0.6) is 23.0 Å². The molecule has 0 atom stereocenters. The largest absolute Gasteiger partial charge is 0.493 e. The van der Waals surface area contributed by atoms with E-state index in [1.54, 1.807) is 0 Å². The zero-order valence-corrected chi connectivity index (χ0v) is 43.2. The molecule has 8 bridgehead atoms. The molecule has 8 nitrogen and oxygen atoms in total. The molecule has 0 saturated carbocycles. The van der Waals surface area contributed by atoms with Gasteiger partial charge in [-0.2, -0.15) is 0 Å². The number of hydrogen-bond acceptors (Lipinski definition) is 8. The number of ether oxygens (including phenoxy) is 4. The van der Waals surface area contributed by atoms with Crippen LogP contribution in [0, 0.1) is 0 Å². The quantitative estimate of drug-likeness (QED) is 0.0247. The first-order chi connectivity index (χ1) is 33.2. The maximum absolute atomic E-state index is 6.96. The molecule has 68 heavy (non-hydrogen) atoms. The fourth-order valence-electron chi connectivity index (χ4n) is 9.96. The number of hydrogen-bond donors (Lipinski definition) is 4. The third-order valence-electron chi connectivity index (χ3n) is 13.6. The number of fused-ring (bicyclic) bond motifs is 8. The van der Waals surface area contributed by atoms with Gasteiger partial charge in [-0.05, 0) is 74.2 Å². The van der Waals surface area contributed by atoms with E-state index in [0.29, 0.717) is 74.9 Å². The summed E-state index contributed by atoms with van der Waals surface area (Å²) in [5, 5.41) is 0. The summed E-state index contributed by atoms with van der Waals surface area (Å²) in [5.41, 5.74) is 38.5. The van der Waals surface area contributed by atoms with Gasteiger partial charge >= 0.3 is 0 Å². The van der Waals surface area contributed by atoms with E-state index in [9.17, 15) is 0 Å². The van der Waals surface area contributed by atoms with Crippen LogP contribution < -0.4 is 41.9 Å². The van der Waals surface area contributed by atoms with Crippen LogP contribution in [-0.2, 0) is 25.7 Å². The van der Waals surface area contributed by atoms with Crippen LogP contribution in [0.15, 0.2) is 48.5 Å². The molecule has 4 aromatic rings. The normalized spacial score (nSPS) is 12.3. The smallest absolute Gasteiger partial charge is 0.126 e. The first-order valence-electron chi connectivity index (χ1n) is 27.4. The summed E-state index contributed by atoms with van der Waals surface area (Å²) in [4.78, 5) is 0. The van der Waals surface area contributed by atoms with Crippen LogP contribution in [0.4, 0.5) is 22.7 Å². The summed E-state index contributed by atoms with van der Waals surface area (Å²) in [6.07, 6.45) is 30.6. The first kappa shape index (κ1) is 54.2. The lowest BCUT2D eigenvalue weighted by Crippen LogP contribution is -2.12. The Labute approximate surface area is 413 Å². The van der Waals surface area contributed by atoms with Crippen molar-refractivity contribution >= 4 is 22.7 Å². The Balaban J connectivity index is 1.65. The van der Waals surface area contributed by atoms with E-state index in [1.807, 2.05) is 0 Å². The number of benzene rings is 4. The van der Waals surface area contributed by atoms with Crippen molar-refractivity contribution < 1.29 is 18.9 Å². The molecule has 4 aromatic carbocycles. The van der Waals surface area contributed by atoms with E-state index in [0.717, 1.165) is 119 Å². The molecular weight excluding hydrogens is 841 g/mol. The minimum Gasteiger partial charge on any atom is -0.493 e. The molecule has 0 spiro atoms. The molecule has 0 amide bonds. The van der Waals surface area contributed by atoms with Crippen LogP contribution in [-0.4, -0.2) is 26.4 Å². The highest BCUT2D eigenvalue weighted by Gasteiger charge is 2.24. The molecule has 1 aliphatic rings. The summed E-state index contributed by atoms with van der Waals surface area (Å²) < 4.78 is 27.8. The molecule has 0 aliphatic heterocycles. The van der Waals surface area contributed by atoms with Gasteiger partial charge in [-0.25, -0.2) is 0 Å². The van der Waals surface area contributed by atoms with Gasteiger partial charge < -0.3 is 41.9 Å². The van der Waals surface area contributed by atoms with E-state index >= 15 is 0 Å². The van der Waals surface area contributed by atoms with E-state index in [-0.39, 0.29) is 0 Å². The van der Waals surface area contributed by atoms with Gasteiger partial charge in [0.1, 0.15) is 23.0 Å². The molecule has 376 valence electrons. The molecular formula is C60H92N4O4. The summed E-state index contributed by atoms with van der Waals surface area (Å²) in [5.74, 6) is 3.50. The predicted molar refractivity (Wildman–Crippen MR) is 290 cm³/mol. The predicted octanol–water partition coefficient (Wildman–Crippen LogP) is 15.6. The lowest BCUT2D eigenvalue weighted by molar-refractivity contribution is 0.293. The van der Waals surface area contributed by atoms with Crippen LogP contribution in [0.3, 0.4) is 0 Å². The number of anilines is 4. The third-order valence-corrected chi connectivity index (χ3v) is 13.6. The Hall–Kier alpha value is -4.72. The standard InChI is InChI=1S/C60H92N4O4/c1-5-9-13-17-21-25-29-65-57-45-33-47-39-54(62)41-49(58(47)66-30-26-22-18-14-10-6-2)35-51-43-56(64)44-52(60(51)68-32-28-24-20-16-12-8-4)36-50-42-55(63)40-48(34-46(57)38-53(61)37-45)59(50)67-31-27-23-19-15-11-7-3/h37-44H,5-36,61-64H2,1-4H3. The second-order valence-electron chi connectivity index (χ2n) is 19.8. The molecule has 0 unspecified atom stereocenters. The van der Waals surface area contributed by atoms with E-state index < -0.39 is 0 Å². The maximum Gasteiger partial charge on any atom is 0.126 e. The van der Waals surface area contributed by atoms with Crippen molar-refractivity contribution in [2.24, 2.45) is 0 Å². The Bertz CT molecular complexity index is 1690. The van der Waals surface area contributed by atoms with Crippen molar-refractivity contribution in [2.75, 3.05) is 49.4 Å². The average molecular weight is 933 g/mol. The van der Waals surface area contributed by atoms with Gasteiger partial charge in [0.25, 0.3) is 0 Å². The SMILES string of the molecule is CCCCCCCCOc1c2cc(N)cc1Cc1cc(N)cc(c1OCCCCCCCC)Cc1cc(N)cc(c1OCCCCCCCC)Cc1cc(N)cc(c1OCCCCCCCC)C2. The highest BCUT2D eigenvalue weighted by molar-refractivity contribution is 5.64. The highest BCUT2D eigenvalue weighted by Crippen LogP contribution is 2.42. The zero-order chi connectivity index (χ0) is 48.4. The zero-order valence-electron chi connectivity index (χ0n) is 43.2. The molecule has 8 heteroatoms. The Morgan fingerprint density at radius 3 is 0.603 bits per heavy atom. The fraction of sp³-hybridized carbons (Fsp3) is 0.600. The van der Waals surface area contributed by atoms with Crippen molar-refractivity contribution in [2.45, 2.75) is 207 Å². The maximum atomic E-state index is 6.96. The molecule has 1 aliphatic carbocycles. The molecule has 0 aromatic heterocycles. The number of rotatable bonds is 32. The lowest BCUT2D eigenvalue weighted by atomic mass is 9.90. The van der Waals surface area contributed by atoms with E-state index in [4.69, 9.17) is 41.9 Å². The fourth-order valence-corrected chi connectivity index (χ4v) is 9.96.